The van der Waals surface area contributed by atoms with Gasteiger partial charge in [-0.1, -0.05) is 18.9 Å². The fraction of sp³-hybridized carbons (Fsp3) is 0.647. The third-order valence-electron chi connectivity index (χ3n) is 5.04. The summed E-state index contributed by atoms with van der Waals surface area (Å²) in [6.07, 6.45) is 6.85. The zero-order valence-electron chi connectivity index (χ0n) is 12.6. The van der Waals surface area contributed by atoms with E-state index in [1.807, 2.05) is 6.07 Å². The second-order valence-electron chi connectivity index (χ2n) is 6.28. The Bertz CT molecular complexity index is 472. The van der Waals surface area contributed by atoms with E-state index in [4.69, 9.17) is 10.5 Å². The van der Waals surface area contributed by atoms with E-state index >= 15 is 0 Å². The number of hydrogen-bond acceptors (Lipinski definition) is 3. The van der Waals surface area contributed by atoms with Crippen LogP contribution >= 0.6 is 0 Å². The summed E-state index contributed by atoms with van der Waals surface area (Å²) >= 11 is 0. The van der Waals surface area contributed by atoms with Crippen molar-refractivity contribution >= 4 is 5.69 Å². The molecule has 3 rings (SSSR count). The van der Waals surface area contributed by atoms with Crippen LogP contribution in [-0.4, -0.2) is 19.7 Å². The third kappa shape index (κ3) is 2.28. The molecule has 3 heteroatoms. The number of benzene rings is 1. The molecule has 1 aromatic carbocycles. The largest absolute Gasteiger partial charge is 0.496 e. The Balaban J connectivity index is 1.97. The zero-order chi connectivity index (χ0) is 14.1. The van der Waals surface area contributed by atoms with E-state index in [1.54, 1.807) is 7.11 Å². The SMILES string of the molecule is COc1cccc(N2CCC3CCCCC32)c1C(C)N. The molecule has 1 aromatic rings. The van der Waals surface area contributed by atoms with Crippen molar-refractivity contribution in [2.24, 2.45) is 11.7 Å². The Kier molecular flexibility index (Phi) is 3.88. The minimum Gasteiger partial charge on any atom is -0.496 e. The number of hydrogen-bond donors (Lipinski definition) is 1. The smallest absolute Gasteiger partial charge is 0.125 e. The minimum absolute atomic E-state index is 0.00351. The van der Waals surface area contributed by atoms with E-state index in [1.165, 1.54) is 49.9 Å². The van der Waals surface area contributed by atoms with Crippen molar-refractivity contribution in [1.82, 2.24) is 0 Å². The first kappa shape index (κ1) is 13.7. The first-order valence-electron chi connectivity index (χ1n) is 7.91. The van der Waals surface area contributed by atoms with Crippen molar-refractivity contribution in [2.45, 2.75) is 51.1 Å². The Morgan fingerprint density at radius 1 is 1.25 bits per heavy atom. The molecule has 2 N–H and O–H groups in total. The Hall–Kier alpha value is -1.22. The molecule has 1 aliphatic carbocycles. The Morgan fingerprint density at radius 3 is 2.80 bits per heavy atom. The fourth-order valence-electron chi connectivity index (χ4n) is 4.12. The van der Waals surface area contributed by atoms with Crippen molar-refractivity contribution in [1.29, 1.82) is 0 Å². The van der Waals surface area contributed by atoms with Crippen LogP contribution in [0, 0.1) is 5.92 Å². The van der Waals surface area contributed by atoms with Gasteiger partial charge in [-0.2, -0.15) is 0 Å². The molecule has 1 saturated heterocycles. The van der Waals surface area contributed by atoms with Crippen LogP contribution in [0.2, 0.25) is 0 Å². The lowest BCUT2D eigenvalue weighted by molar-refractivity contribution is 0.341. The maximum Gasteiger partial charge on any atom is 0.125 e. The summed E-state index contributed by atoms with van der Waals surface area (Å²) < 4.78 is 5.54. The topological polar surface area (TPSA) is 38.5 Å². The molecule has 0 spiro atoms. The maximum absolute atomic E-state index is 6.22. The lowest BCUT2D eigenvalue weighted by atomic mass is 9.85. The van der Waals surface area contributed by atoms with Crippen molar-refractivity contribution in [3.05, 3.63) is 23.8 Å². The summed E-state index contributed by atoms with van der Waals surface area (Å²) in [7, 11) is 1.73. The van der Waals surface area contributed by atoms with Gasteiger partial charge in [0.05, 0.1) is 7.11 Å². The summed E-state index contributed by atoms with van der Waals surface area (Å²) in [5.74, 6) is 1.81. The number of nitrogens with zero attached hydrogens (tertiary/aromatic N) is 1. The second kappa shape index (κ2) is 5.65. The highest BCUT2D eigenvalue weighted by atomic mass is 16.5. The number of fused-ring (bicyclic) bond motifs is 1. The van der Waals surface area contributed by atoms with Gasteiger partial charge in [-0.05, 0) is 44.2 Å². The molecule has 110 valence electrons. The van der Waals surface area contributed by atoms with E-state index in [0.717, 1.165) is 11.7 Å². The standard InChI is InChI=1S/C17H26N2O/c1-12(18)17-15(8-5-9-16(17)20-2)19-11-10-13-6-3-4-7-14(13)19/h5,8-9,12-14H,3-4,6-7,10-11,18H2,1-2H3. The van der Waals surface area contributed by atoms with Crippen molar-refractivity contribution in [3.63, 3.8) is 0 Å². The number of rotatable bonds is 3. The number of ether oxygens (including phenoxy) is 1. The van der Waals surface area contributed by atoms with Gasteiger partial charge in [-0.3, -0.25) is 0 Å². The molecule has 3 atom stereocenters. The lowest BCUT2D eigenvalue weighted by Gasteiger charge is -2.35. The predicted molar refractivity (Wildman–Crippen MR) is 83.3 cm³/mol. The van der Waals surface area contributed by atoms with E-state index < -0.39 is 0 Å². The van der Waals surface area contributed by atoms with Crippen molar-refractivity contribution < 1.29 is 4.74 Å². The molecular weight excluding hydrogens is 248 g/mol. The van der Waals surface area contributed by atoms with Gasteiger partial charge in [-0.25, -0.2) is 0 Å². The van der Waals surface area contributed by atoms with Crippen LogP contribution in [0.1, 0.15) is 50.6 Å². The maximum atomic E-state index is 6.22. The first-order chi connectivity index (χ1) is 9.72. The molecule has 1 heterocycles. The summed E-state index contributed by atoms with van der Waals surface area (Å²) in [4.78, 5) is 2.60. The molecule has 1 aliphatic heterocycles. The zero-order valence-corrected chi connectivity index (χ0v) is 12.6. The molecule has 0 bridgehead atoms. The molecule has 0 aromatic heterocycles. The predicted octanol–water partition coefficient (Wildman–Crippen LogP) is 3.48. The quantitative estimate of drug-likeness (QED) is 0.917. The van der Waals surface area contributed by atoms with Gasteiger partial charge in [0.25, 0.3) is 0 Å². The van der Waals surface area contributed by atoms with Crippen LogP contribution in [0.25, 0.3) is 0 Å². The summed E-state index contributed by atoms with van der Waals surface area (Å²) in [6.45, 7) is 3.22. The van der Waals surface area contributed by atoms with Gasteiger partial charge >= 0.3 is 0 Å². The number of methoxy groups -OCH3 is 1. The van der Waals surface area contributed by atoms with Crippen LogP contribution < -0.4 is 15.4 Å². The Labute approximate surface area is 122 Å². The van der Waals surface area contributed by atoms with E-state index in [-0.39, 0.29) is 6.04 Å². The van der Waals surface area contributed by atoms with E-state index in [0.29, 0.717) is 6.04 Å². The van der Waals surface area contributed by atoms with Crippen LogP contribution in [0.4, 0.5) is 5.69 Å². The monoisotopic (exact) mass is 274 g/mol. The van der Waals surface area contributed by atoms with Crippen LogP contribution in [-0.2, 0) is 0 Å². The summed E-state index contributed by atoms with van der Waals surface area (Å²) in [6, 6.07) is 7.06. The average molecular weight is 274 g/mol. The third-order valence-corrected chi connectivity index (χ3v) is 5.04. The highest BCUT2D eigenvalue weighted by Crippen LogP contribution is 2.42. The average Bonchev–Trinajstić information content (AvgIpc) is 2.90. The first-order valence-corrected chi connectivity index (χ1v) is 7.91. The number of nitrogens with two attached hydrogens (primary N) is 1. The van der Waals surface area contributed by atoms with Gasteiger partial charge in [-0.15, -0.1) is 0 Å². The van der Waals surface area contributed by atoms with Gasteiger partial charge in [0, 0.05) is 29.9 Å². The molecular formula is C17H26N2O. The van der Waals surface area contributed by atoms with Crippen molar-refractivity contribution in [2.75, 3.05) is 18.6 Å². The highest BCUT2D eigenvalue weighted by Gasteiger charge is 2.37. The van der Waals surface area contributed by atoms with Gasteiger partial charge in [0.1, 0.15) is 5.75 Å². The van der Waals surface area contributed by atoms with Gasteiger partial charge in [0.2, 0.25) is 0 Å². The summed E-state index contributed by atoms with van der Waals surface area (Å²) in [5, 5.41) is 0. The van der Waals surface area contributed by atoms with Gasteiger partial charge < -0.3 is 15.4 Å². The molecule has 0 radical (unpaired) electrons. The molecule has 3 nitrogen and oxygen atoms in total. The molecule has 3 unspecified atom stereocenters. The summed E-state index contributed by atoms with van der Waals surface area (Å²) in [5.41, 5.74) is 8.69. The van der Waals surface area contributed by atoms with Gasteiger partial charge in [0.15, 0.2) is 0 Å². The molecule has 20 heavy (non-hydrogen) atoms. The molecule has 2 fully saturated rings. The van der Waals surface area contributed by atoms with Crippen LogP contribution in [0.15, 0.2) is 18.2 Å². The normalized spacial score (nSPS) is 27.2. The minimum atomic E-state index is 0.00351. The van der Waals surface area contributed by atoms with E-state index in [9.17, 15) is 0 Å². The van der Waals surface area contributed by atoms with Crippen molar-refractivity contribution in [3.8, 4) is 5.75 Å². The Morgan fingerprint density at radius 2 is 2.05 bits per heavy atom. The fourth-order valence-corrected chi connectivity index (χ4v) is 4.12. The lowest BCUT2D eigenvalue weighted by Crippen LogP contribution is -2.35. The molecule has 2 aliphatic rings. The highest BCUT2D eigenvalue weighted by molar-refractivity contribution is 5.62. The van der Waals surface area contributed by atoms with Crippen LogP contribution in [0.3, 0.4) is 0 Å². The molecule has 1 saturated carbocycles. The second-order valence-corrected chi connectivity index (χ2v) is 6.28. The number of anilines is 1. The van der Waals surface area contributed by atoms with Crippen LogP contribution in [0.5, 0.6) is 5.75 Å². The molecule has 0 amide bonds. The van der Waals surface area contributed by atoms with E-state index in [2.05, 4.69) is 24.0 Å².